The molecule has 1 aromatic carbocycles. The van der Waals surface area contributed by atoms with Crippen molar-refractivity contribution >= 4 is 0 Å². The summed E-state index contributed by atoms with van der Waals surface area (Å²) in [6.45, 7) is 0.945. The van der Waals surface area contributed by atoms with Gasteiger partial charge in [0.25, 0.3) is 0 Å². The number of rotatable bonds is 6. The van der Waals surface area contributed by atoms with E-state index in [0.29, 0.717) is 18.7 Å². The molecule has 2 heterocycles. The number of halogens is 1. The first-order valence-corrected chi connectivity index (χ1v) is 7.70. The van der Waals surface area contributed by atoms with Crippen molar-refractivity contribution < 1.29 is 9.50 Å². The maximum Gasteiger partial charge on any atom is 0.123 e. The van der Waals surface area contributed by atoms with Gasteiger partial charge in [-0.15, -0.1) is 0 Å². The summed E-state index contributed by atoms with van der Waals surface area (Å²) < 4.78 is 14.7. The van der Waals surface area contributed by atoms with Gasteiger partial charge in [0.1, 0.15) is 5.82 Å². The number of aliphatic hydroxyl groups is 1. The molecule has 1 atom stereocenters. The Balaban J connectivity index is 1.64. The third kappa shape index (κ3) is 3.84. The van der Waals surface area contributed by atoms with Crippen molar-refractivity contribution in [1.29, 1.82) is 0 Å². The van der Waals surface area contributed by atoms with Crippen LogP contribution in [0.25, 0.3) is 11.3 Å². The van der Waals surface area contributed by atoms with E-state index in [-0.39, 0.29) is 5.82 Å². The number of hydrogen-bond donors (Lipinski definition) is 2. The van der Waals surface area contributed by atoms with Crippen LogP contribution in [0.5, 0.6) is 0 Å². The van der Waals surface area contributed by atoms with Crippen LogP contribution in [0.2, 0.25) is 0 Å². The van der Waals surface area contributed by atoms with Crippen LogP contribution in [0.4, 0.5) is 4.39 Å². The summed E-state index contributed by atoms with van der Waals surface area (Å²) in [4.78, 5) is 4.02. The molecule has 0 saturated heterocycles. The van der Waals surface area contributed by atoms with Gasteiger partial charge in [-0.05, 0) is 29.8 Å². The lowest BCUT2D eigenvalue weighted by Crippen LogP contribution is -2.21. The van der Waals surface area contributed by atoms with E-state index < -0.39 is 6.10 Å². The number of hydrogen-bond acceptors (Lipinski definition) is 4. The summed E-state index contributed by atoms with van der Waals surface area (Å²) in [5, 5.41) is 17.9. The van der Waals surface area contributed by atoms with E-state index in [1.165, 1.54) is 12.1 Å². The van der Waals surface area contributed by atoms with E-state index in [2.05, 4.69) is 15.4 Å². The van der Waals surface area contributed by atoms with Crippen LogP contribution >= 0.6 is 0 Å². The van der Waals surface area contributed by atoms with Gasteiger partial charge in [0.2, 0.25) is 0 Å². The minimum atomic E-state index is -0.688. The molecule has 6 heteroatoms. The number of aliphatic hydroxyl groups excluding tert-OH is 1. The Labute approximate surface area is 139 Å². The van der Waals surface area contributed by atoms with Crippen molar-refractivity contribution in [1.82, 2.24) is 20.1 Å². The van der Waals surface area contributed by atoms with Crippen molar-refractivity contribution in [3.63, 3.8) is 0 Å². The number of nitrogens with zero attached hydrogens (tertiary/aromatic N) is 3. The molecule has 0 unspecified atom stereocenters. The van der Waals surface area contributed by atoms with E-state index >= 15 is 0 Å². The third-order valence-electron chi connectivity index (χ3n) is 3.77. The predicted molar refractivity (Wildman–Crippen MR) is 89.5 cm³/mol. The van der Waals surface area contributed by atoms with Gasteiger partial charge in [-0.25, -0.2) is 4.39 Å². The zero-order chi connectivity index (χ0) is 16.9. The molecule has 24 heavy (non-hydrogen) atoms. The molecule has 0 amide bonds. The standard InChI is InChI=1S/C18H19FN4O/c1-23-12-15(18(22-23)14-6-8-20-9-7-14)10-21-11-17(24)13-2-4-16(19)5-3-13/h2-9,12,17,21,24H,10-11H2,1H3/t17-/m0/s1. The van der Waals surface area contributed by atoms with Gasteiger partial charge in [-0.2, -0.15) is 5.10 Å². The Kier molecular flexibility index (Phi) is 4.98. The van der Waals surface area contributed by atoms with E-state index in [1.54, 1.807) is 29.2 Å². The van der Waals surface area contributed by atoms with Crippen LogP contribution in [0.15, 0.2) is 55.0 Å². The number of aryl methyl sites for hydroxylation is 1. The molecule has 0 spiro atoms. The highest BCUT2D eigenvalue weighted by atomic mass is 19.1. The molecule has 2 aromatic heterocycles. The van der Waals surface area contributed by atoms with E-state index in [1.807, 2.05) is 25.4 Å². The molecular formula is C18H19FN4O. The van der Waals surface area contributed by atoms with Gasteiger partial charge in [0.05, 0.1) is 11.8 Å². The summed E-state index contributed by atoms with van der Waals surface area (Å²) >= 11 is 0. The second-order valence-corrected chi connectivity index (χ2v) is 5.61. The maximum atomic E-state index is 12.9. The van der Waals surface area contributed by atoms with Gasteiger partial charge < -0.3 is 10.4 Å². The lowest BCUT2D eigenvalue weighted by molar-refractivity contribution is 0.174. The van der Waals surface area contributed by atoms with Crippen LogP contribution < -0.4 is 5.32 Å². The van der Waals surface area contributed by atoms with Crippen molar-refractivity contribution in [3.05, 3.63) is 71.9 Å². The third-order valence-corrected chi connectivity index (χ3v) is 3.77. The van der Waals surface area contributed by atoms with Gasteiger partial charge in [0.15, 0.2) is 0 Å². The maximum absolute atomic E-state index is 12.9. The first kappa shape index (κ1) is 16.3. The summed E-state index contributed by atoms with van der Waals surface area (Å²) in [6.07, 6.45) is 4.73. The van der Waals surface area contributed by atoms with Gasteiger partial charge in [-0.3, -0.25) is 9.67 Å². The van der Waals surface area contributed by atoms with Crippen LogP contribution in [0, 0.1) is 5.82 Å². The molecule has 2 N–H and O–H groups in total. The Bertz CT molecular complexity index is 787. The van der Waals surface area contributed by atoms with E-state index in [4.69, 9.17) is 0 Å². The lowest BCUT2D eigenvalue weighted by Gasteiger charge is -2.12. The molecule has 0 bridgehead atoms. The summed E-state index contributed by atoms with van der Waals surface area (Å²) in [5.41, 5.74) is 3.62. The molecule has 0 fully saturated rings. The lowest BCUT2D eigenvalue weighted by atomic mass is 10.1. The SMILES string of the molecule is Cn1cc(CNC[C@H](O)c2ccc(F)cc2)c(-c2ccncc2)n1. The fourth-order valence-electron chi connectivity index (χ4n) is 2.57. The number of benzene rings is 1. The highest BCUT2D eigenvalue weighted by Crippen LogP contribution is 2.21. The normalized spacial score (nSPS) is 12.3. The number of pyridine rings is 1. The average Bonchev–Trinajstić information content (AvgIpc) is 2.97. The van der Waals surface area contributed by atoms with Crippen LogP contribution in [-0.4, -0.2) is 26.4 Å². The summed E-state index contributed by atoms with van der Waals surface area (Å²) in [7, 11) is 1.88. The zero-order valence-corrected chi connectivity index (χ0v) is 13.4. The topological polar surface area (TPSA) is 63.0 Å². The second kappa shape index (κ2) is 7.33. The Morgan fingerprint density at radius 2 is 1.88 bits per heavy atom. The van der Waals surface area contributed by atoms with Crippen LogP contribution in [0.3, 0.4) is 0 Å². The van der Waals surface area contributed by atoms with Gasteiger partial charge >= 0.3 is 0 Å². The fourth-order valence-corrected chi connectivity index (χ4v) is 2.57. The van der Waals surface area contributed by atoms with E-state index in [9.17, 15) is 9.50 Å². The predicted octanol–water partition coefficient (Wildman–Crippen LogP) is 2.44. The minimum absolute atomic E-state index is 0.309. The largest absolute Gasteiger partial charge is 0.387 e. The molecule has 124 valence electrons. The molecule has 3 aromatic rings. The smallest absolute Gasteiger partial charge is 0.123 e. The van der Waals surface area contributed by atoms with Crippen molar-refractivity contribution in [2.45, 2.75) is 12.6 Å². The van der Waals surface area contributed by atoms with Gasteiger partial charge in [-0.1, -0.05) is 12.1 Å². The fraction of sp³-hybridized carbons (Fsp3) is 0.222. The zero-order valence-electron chi connectivity index (χ0n) is 13.4. The Morgan fingerprint density at radius 1 is 1.17 bits per heavy atom. The highest BCUT2D eigenvalue weighted by molar-refractivity contribution is 5.61. The molecule has 0 aliphatic heterocycles. The summed E-state index contributed by atoms with van der Waals surface area (Å²) in [6, 6.07) is 9.71. The second-order valence-electron chi connectivity index (χ2n) is 5.61. The summed E-state index contributed by atoms with van der Waals surface area (Å²) in [5.74, 6) is -0.309. The number of aromatic nitrogens is 3. The molecule has 0 aliphatic carbocycles. The average molecular weight is 326 g/mol. The molecular weight excluding hydrogens is 307 g/mol. The van der Waals surface area contributed by atoms with Crippen molar-refractivity contribution in [2.24, 2.45) is 7.05 Å². The Hall–Kier alpha value is -2.57. The molecule has 5 nitrogen and oxygen atoms in total. The first-order chi connectivity index (χ1) is 11.6. The minimum Gasteiger partial charge on any atom is -0.387 e. The van der Waals surface area contributed by atoms with Crippen LogP contribution in [0.1, 0.15) is 17.2 Å². The van der Waals surface area contributed by atoms with Crippen molar-refractivity contribution in [2.75, 3.05) is 6.54 Å². The highest BCUT2D eigenvalue weighted by Gasteiger charge is 2.11. The van der Waals surface area contributed by atoms with E-state index in [0.717, 1.165) is 16.8 Å². The molecule has 3 rings (SSSR count). The first-order valence-electron chi connectivity index (χ1n) is 7.70. The van der Waals surface area contributed by atoms with Gasteiger partial charge in [0, 0.05) is 49.9 Å². The monoisotopic (exact) mass is 326 g/mol. The number of nitrogens with one attached hydrogen (secondary N) is 1. The quantitative estimate of drug-likeness (QED) is 0.730. The Morgan fingerprint density at radius 3 is 2.58 bits per heavy atom. The molecule has 0 aliphatic rings. The van der Waals surface area contributed by atoms with Crippen molar-refractivity contribution in [3.8, 4) is 11.3 Å². The molecule has 0 radical (unpaired) electrons. The van der Waals surface area contributed by atoms with Crippen LogP contribution in [-0.2, 0) is 13.6 Å². The molecule has 0 saturated carbocycles.